The summed E-state index contributed by atoms with van der Waals surface area (Å²) in [5.41, 5.74) is 1.25. The van der Waals surface area contributed by atoms with E-state index in [1.165, 1.54) is 0 Å². The molecule has 1 N–H and O–H groups in total. The fourth-order valence-electron chi connectivity index (χ4n) is 8.48. The maximum atomic E-state index is 13.3. The number of amides is 5. The lowest BCUT2D eigenvalue weighted by atomic mass is 10.1. The number of carbonyl (C=O) groups excluding carboxylic acids is 5. The first kappa shape index (κ1) is 59.1. The minimum atomic E-state index is -0.627. The van der Waals surface area contributed by atoms with E-state index in [9.17, 15) is 24.0 Å². The Morgan fingerprint density at radius 2 is 1.01 bits per heavy atom. The van der Waals surface area contributed by atoms with Gasteiger partial charge in [-0.3, -0.25) is 19.8 Å². The lowest BCUT2D eigenvalue weighted by molar-refractivity contribution is -0.0172. The molecule has 8 rings (SSSR count). The average molecular weight is 1080 g/mol. The monoisotopic (exact) mass is 1080 g/mol. The highest BCUT2D eigenvalue weighted by molar-refractivity contribution is 5.85. The van der Waals surface area contributed by atoms with Crippen molar-refractivity contribution in [3.05, 3.63) is 121 Å². The van der Waals surface area contributed by atoms with E-state index >= 15 is 0 Å². The molecular formula is C53H70Cl2N8O12. The number of nitrogens with zero attached hydrogens (tertiary/aromatic N) is 7. The van der Waals surface area contributed by atoms with E-state index in [2.05, 4.69) is 15.3 Å². The van der Waals surface area contributed by atoms with Gasteiger partial charge in [-0.05, 0) is 56.2 Å². The number of hydrogen-bond acceptors (Lipinski definition) is 15. The number of ether oxygens (including phenoxy) is 7. The van der Waals surface area contributed by atoms with Crippen molar-refractivity contribution in [3.63, 3.8) is 0 Å². The van der Waals surface area contributed by atoms with Crippen LogP contribution < -0.4 is 14.8 Å². The fourth-order valence-corrected chi connectivity index (χ4v) is 8.48. The van der Waals surface area contributed by atoms with Crippen LogP contribution in [0, 0.1) is 0 Å². The maximum absolute atomic E-state index is 13.3. The topological polar surface area (TPSA) is 204 Å². The largest absolute Gasteiger partial charge is 0.490 e. The van der Waals surface area contributed by atoms with Gasteiger partial charge in [-0.15, -0.1) is 24.8 Å². The van der Waals surface area contributed by atoms with Crippen LogP contribution in [-0.2, 0) is 36.9 Å². The fraction of sp³-hybridized carbons (Fsp3) is 0.491. The molecule has 408 valence electrons. The summed E-state index contributed by atoms with van der Waals surface area (Å²) in [7, 11) is 0. The van der Waals surface area contributed by atoms with Gasteiger partial charge < -0.3 is 53.2 Å². The highest BCUT2D eigenvalue weighted by Gasteiger charge is 2.38. The van der Waals surface area contributed by atoms with Gasteiger partial charge in [0.2, 0.25) is 0 Å². The van der Waals surface area contributed by atoms with Gasteiger partial charge in [0.15, 0.2) is 0 Å². The standard InChI is InChI=1S/C29H38N4O7.C24H30N4O5.2ClH/c1-29(2,3)40-27(35)32-16-17-33(23(19-32)21-37-25-10-7-13-30-18-25)28(36)39-24-11-14-31(15-12-24)26(34)38-20-22-8-5-4-6-9-22;29-23(32-17-19-5-2-1-3-6-19)27-12-8-21(9-13-27)33-24(30)28-14-11-26-15-20(28)18-31-22-7-4-10-25-16-22;;/h4-10,13,18,23-24H,11-12,14-17,19-21H2,1-3H3;1-7,10,16,20-21,26H,8-9,11-15,17-18H2;2*1H. The van der Waals surface area contributed by atoms with Crippen LogP contribution in [0.4, 0.5) is 24.0 Å². The van der Waals surface area contributed by atoms with Gasteiger partial charge >= 0.3 is 30.5 Å². The number of aromatic nitrogens is 2. The normalized spacial score (nSPS) is 18.1. The van der Waals surface area contributed by atoms with Gasteiger partial charge in [0.1, 0.15) is 55.7 Å². The molecule has 2 unspecified atom stereocenters. The van der Waals surface area contributed by atoms with Gasteiger partial charge in [-0.1, -0.05) is 60.7 Å². The van der Waals surface area contributed by atoms with Crippen LogP contribution in [0.15, 0.2) is 110 Å². The van der Waals surface area contributed by atoms with Crippen LogP contribution in [-0.4, -0.2) is 173 Å². The lowest BCUT2D eigenvalue weighted by Gasteiger charge is -2.41. The number of nitrogens with one attached hydrogen (secondary N) is 1. The molecule has 20 nitrogen and oxygen atoms in total. The predicted molar refractivity (Wildman–Crippen MR) is 281 cm³/mol. The minimum absolute atomic E-state index is 0. The number of piperidine rings is 2. The van der Waals surface area contributed by atoms with E-state index in [1.54, 1.807) is 61.4 Å². The van der Waals surface area contributed by atoms with E-state index in [0.29, 0.717) is 96.1 Å². The quantitative estimate of drug-likeness (QED) is 0.134. The molecule has 0 spiro atoms. The summed E-state index contributed by atoms with van der Waals surface area (Å²) in [6.07, 6.45) is 6.31. The Bertz CT molecular complexity index is 2350. The van der Waals surface area contributed by atoms with Crippen molar-refractivity contribution in [2.24, 2.45) is 0 Å². The Morgan fingerprint density at radius 3 is 1.47 bits per heavy atom. The van der Waals surface area contributed by atoms with Gasteiger partial charge in [-0.2, -0.15) is 0 Å². The second-order valence-electron chi connectivity index (χ2n) is 19.0. The van der Waals surface area contributed by atoms with Crippen molar-refractivity contribution in [1.29, 1.82) is 0 Å². The molecule has 4 aromatic rings. The third kappa shape index (κ3) is 19.1. The number of hydrogen-bond donors (Lipinski definition) is 1. The molecule has 2 aromatic heterocycles. The van der Waals surface area contributed by atoms with Crippen LogP contribution >= 0.6 is 24.8 Å². The van der Waals surface area contributed by atoms with Gasteiger partial charge in [0, 0.05) is 104 Å². The molecule has 5 amide bonds. The van der Waals surface area contributed by atoms with E-state index in [0.717, 1.165) is 11.1 Å². The van der Waals surface area contributed by atoms with Gasteiger partial charge in [0.25, 0.3) is 0 Å². The summed E-state index contributed by atoms with van der Waals surface area (Å²) in [6.45, 7) is 11.1. The zero-order chi connectivity index (χ0) is 51.4. The minimum Gasteiger partial charge on any atom is -0.490 e. The Kier molecular flexibility index (Phi) is 23.6. The molecule has 4 fully saturated rings. The smallest absolute Gasteiger partial charge is 0.410 e. The molecule has 22 heteroatoms. The van der Waals surface area contributed by atoms with Crippen LogP contribution in [0.25, 0.3) is 0 Å². The highest BCUT2D eigenvalue weighted by Crippen LogP contribution is 2.23. The van der Waals surface area contributed by atoms with Crippen molar-refractivity contribution >= 4 is 55.3 Å². The molecule has 2 atom stereocenters. The van der Waals surface area contributed by atoms with Crippen molar-refractivity contribution in [2.45, 2.75) is 89.6 Å². The molecule has 0 saturated carbocycles. The Balaban J connectivity index is 0.000000275. The maximum Gasteiger partial charge on any atom is 0.410 e. The number of benzene rings is 2. The lowest BCUT2D eigenvalue weighted by Crippen LogP contribution is -2.59. The molecule has 4 aliphatic rings. The second kappa shape index (κ2) is 29.9. The molecule has 4 saturated heterocycles. The van der Waals surface area contributed by atoms with Crippen LogP contribution in [0.2, 0.25) is 0 Å². The van der Waals surface area contributed by atoms with Crippen molar-refractivity contribution in [1.82, 2.24) is 39.8 Å². The number of pyridine rings is 2. The molecule has 0 aliphatic carbocycles. The highest BCUT2D eigenvalue weighted by atomic mass is 35.5. The number of carbonyl (C=O) groups is 5. The van der Waals surface area contributed by atoms with Gasteiger partial charge in [-0.25, -0.2) is 24.0 Å². The molecule has 75 heavy (non-hydrogen) atoms. The Hall–Kier alpha value is -6.77. The number of likely N-dealkylation sites (tertiary alicyclic amines) is 2. The molecule has 4 aliphatic heterocycles. The van der Waals surface area contributed by atoms with E-state index in [-0.39, 0.29) is 94.3 Å². The number of rotatable bonds is 12. The van der Waals surface area contributed by atoms with Crippen molar-refractivity contribution < 1.29 is 57.1 Å². The Morgan fingerprint density at radius 1 is 0.547 bits per heavy atom. The number of halogens is 2. The first-order chi connectivity index (χ1) is 35.4. The van der Waals surface area contributed by atoms with Gasteiger partial charge in [0.05, 0.1) is 24.5 Å². The van der Waals surface area contributed by atoms with Crippen molar-refractivity contribution in [2.75, 3.05) is 78.7 Å². The Labute approximate surface area is 451 Å². The summed E-state index contributed by atoms with van der Waals surface area (Å²) in [6, 6.07) is 25.7. The first-order valence-electron chi connectivity index (χ1n) is 25.0. The molecular weight excluding hydrogens is 1010 g/mol. The average Bonchev–Trinajstić information content (AvgIpc) is 3.41. The predicted octanol–water partition coefficient (Wildman–Crippen LogP) is 7.84. The summed E-state index contributed by atoms with van der Waals surface area (Å²) >= 11 is 0. The van der Waals surface area contributed by atoms with Crippen LogP contribution in [0.5, 0.6) is 11.5 Å². The summed E-state index contributed by atoms with van der Waals surface area (Å²) in [5, 5.41) is 3.30. The van der Waals surface area contributed by atoms with Crippen molar-refractivity contribution in [3.8, 4) is 11.5 Å². The third-order valence-corrected chi connectivity index (χ3v) is 12.5. The molecule has 2 aromatic carbocycles. The van der Waals surface area contributed by atoms with E-state index in [1.807, 2.05) is 93.6 Å². The zero-order valence-corrected chi connectivity index (χ0v) is 44.4. The molecule has 6 heterocycles. The summed E-state index contributed by atoms with van der Waals surface area (Å²) in [4.78, 5) is 80.0. The number of piperazine rings is 2. The summed E-state index contributed by atoms with van der Waals surface area (Å²) in [5.74, 6) is 1.24. The third-order valence-electron chi connectivity index (χ3n) is 12.5. The SMILES string of the molecule is CC(C)(C)OC(=O)N1CCN(C(=O)OC2CCN(C(=O)OCc3ccccc3)CC2)C(COc2cccnc2)C1.Cl.Cl.O=C(OCc1ccccc1)N1CCC(OC(=O)N2CCNCC2COc2cccnc2)CC1. The second-order valence-corrected chi connectivity index (χ2v) is 19.0. The molecule has 0 radical (unpaired) electrons. The van der Waals surface area contributed by atoms with E-state index in [4.69, 9.17) is 33.2 Å². The summed E-state index contributed by atoms with van der Waals surface area (Å²) < 4.78 is 39.7. The van der Waals surface area contributed by atoms with E-state index < -0.39 is 23.8 Å². The van der Waals surface area contributed by atoms with Crippen LogP contribution in [0.3, 0.4) is 0 Å². The zero-order valence-electron chi connectivity index (χ0n) is 42.8. The first-order valence-corrected chi connectivity index (χ1v) is 25.0. The molecule has 0 bridgehead atoms. The van der Waals surface area contributed by atoms with Crippen LogP contribution in [0.1, 0.15) is 57.6 Å².